The first-order valence-corrected chi connectivity index (χ1v) is 17.8. The molecule has 1 amide bonds. The summed E-state index contributed by atoms with van der Waals surface area (Å²) in [6, 6.07) is 9.68. The van der Waals surface area contributed by atoms with Crippen LogP contribution in [0.3, 0.4) is 0 Å². The molecule has 0 aliphatic heterocycles. The summed E-state index contributed by atoms with van der Waals surface area (Å²) in [6.45, 7) is 16.3. The van der Waals surface area contributed by atoms with E-state index >= 15 is 0 Å². The van der Waals surface area contributed by atoms with Crippen molar-refractivity contribution in [1.82, 2.24) is 5.32 Å². The fourth-order valence-electron chi connectivity index (χ4n) is 11.8. The molecule has 7 heteroatoms. The quantitative estimate of drug-likeness (QED) is 0.271. The molecule has 1 unspecified atom stereocenters. The van der Waals surface area contributed by atoms with Crippen molar-refractivity contribution >= 4 is 23.6 Å². The van der Waals surface area contributed by atoms with Gasteiger partial charge in [0.1, 0.15) is 6.61 Å². The highest BCUT2D eigenvalue weighted by Gasteiger charge is 2.70. The second kappa shape index (κ2) is 11.3. The molecule has 0 saturated heterocycles. The molecule has 1 N–H and O–H groups in total. The summed E-state index contributed by atoms with van der Waals surface area (Å²) in [5.74, 6) is -1.23. The van der Waals surface area contributed by atoms with Gasteiger partial charge in [0.05, 0.1) is 12.5 Å². The van der Waals surface area contributed by atoms with E-state index in [9.17, 15) is 19.2 Å². The van der Waals surface area contributed by atoms with Crippen LogP contribution in [-0.2, 0) is 35.3 Å². The van der Waals surface area contributed by atoms with Gasteiger partial charge in [-0.2, -0.15) is 0 Å². The van der Waals surface area contributed by atoms with Crippen LogP contribution in [0.2, 0.25) is 0 Å². The number of hydrogen-bond acceptors (Lipinski definition) is 6. The highest BCUT2D eigenvalue weighted by atomic mass is 16.5. The van der Waals surface area contributed by atoms with E-state index in [1.165, 1.54) is 12.7 Å². The molecular formula is C40H55NO6. The maximum Gasteiger partial charge on any atom is 0.396 e. The normalized spacial score (nSPS) is 42.0. The topological polar surface area (TPSA) is 98.8 Å². The van der Waals surface area contributed by atoms with E-state index in [0.717, 1.165) is 50.5 Å². The Labute approximate surface area is 281 Å². The molecule has 4 saturated carbocycles. The molecule has 5 aliphatic carbocycles. The third-order valence-electron chi connectivity index (χ3n) is 15.0. The molecule has 1 aromatic carbocycles. The van der Waals surface area contributed by atoms with Gasteiger partial charge in [0, 0.05) is 12.0 Å². The molecule has 0 spiro atoms. The van der Waals surface area contributed by atoms with Gasteiger partial charge in [0.2, 0.25) is 0 Å². The van der Waals surface area contributed by atoms with E-state index in [1.807, 2.05) is 36.4 Å². The van der Waals surface area contributed by atoms with Gasteiger partial charge in [-0.15, -0.1) is 0 Å². The number of benzene rings is 1. The third kappa shape index (κ3) is 5.03. The van der Waals surface area contributed by atoms with Gasteiger partial charge in [-0.1, -0.05) is 77.4 Å². The van der Waals surface area contributed by atoms with Crippen LogP contribution in [0.5, 0.6) is 0 Å². The number of methoxy groups -OCH3 is 1. The smallest absolute Gasteiger partial charge is 0.396 e. The number of ether oxygens (including phenoxy) is 2. The number of carbonyl (C=O) groups excluding carboxylic acids is 4. The number of esters is 2. The first-order valence-electron chi connectivity index (χ1n) is 17.8. The van der Waals surface area contributed by atoms with Gasteiger partial charge in [0.25, 0.3) is 0 Å². The van der Waals surface area contributed by atoms with Crippen molar-refractivity contribution in [1.29, 1.82) is 0 Å². The molecule has 0 heterocycles. The minimum absolute atomic E-state index is 0.0487. The highest BCUT2D eigenvalue weighted by Crippen LogP contribution is 2.75. The minimum atomic E-state index is -0.869. The van der Waals surface area contributed by atoms with Crippen molar-refractivity contribution in [3.8, 4) is 0 Å². The van der Waals surface area contributed by atoms with Crippen LogP contribution >= 0.6 is 0 Å². The van der Waals surface area contributed by atoms with Crippen LogP contribution in [0.25, 0.3) is 0 Å². The van der Waals surface area contributed by atoms with Crippen LogP contribution in [0.4, 0.5) is 0 Å². The Morgan fingerprint density at radius 1 is 0.872 bits per heavy atom. The van der Waals surface area contributed by atoms with Gasteiger partial charge in [-0.05, 0) is 115 Å². The second-order valence-electron chi connectivity index (χ2n) is 17.7. The Balaban J connectivity index is 1.30. The first kappa shape index (κ1) is 33.9. The molecule has 0 bridgehead atoms. The summed E-state index contributed by atoms with van der Waals surface area (Å²) in [5, 5.41) is 2.98. The Morgan fingerprint density at radius 3 is 2.23 bits per heavy atom. The van der Waals surface area contributed by atoms with Crippen LogP contribution in [0, 0.1) is 50.2 Å². The molecule has 5 aliphatic rings. The zero-order chi connectivity index (χ0) is 34.2. The van der Waals surface area contributed by atoms with Gasteiger partial charge < -0.3 is 14.8 Å². The molecule has 0 aromatic heterocycles. The van der Waals surface area contributed by atoms with Crippen LogP contribution < -0.4 is 5.32 Å². The highest BCUT2D eigenvalue weighted by molar-refractivity contribution is 6.32. The predicted octanol–water partition coefficient (Wildman–Crippen LogP) is 7.37. The van der Waals surface area contributed by atoms with Crippen molar-refractivity contribution in [2.45, 2.75) is 119 Å². The van der Waals surface area contributed by atoms with E-state index in [-0.39, 0.29) is 69.2 Å². The fourth-order valence-corrected chi connectivity index (χ4v) is 11.8. The molecule has 47 heavy (non-hydrogen) atoms. The number of allylic oxidation sites excluding steroid dienone is 2. The average Bonchev–Trinajstić information content (AvgIpc) is 3.03. The summed E-state index contributed by atoms with van der Waals surface area (Å²) in [6.07, 6.45) is 10.0. The van der Waals surface area contributed by atoms with Crippen LogP contribution in [-0.4, -0.2) is 36.8 Å². The van der Waals surface area contributed by atoms with Gasteiger partial charge >= 0.3 is 17.8 Å². The minimum Gasteiger partial charge on any atom is -0.462 e. The van der Waals surface area contributed by atoms with Gasteiger partial charge in [0.15, 0.2) is 5.78 Å². The average molecular weight is 646 g/mol. The summed E-state index contributed by atoms with van der Waals surface area (Å²) in [4.78, 5) is 53.0. The van der Waals surface area contributed by atoms with Crippen molar-refractivity contribution in [2.75, 3.05) is 7.11 Å². The SMILES string of the molecule is COC(=O)C(=O)N[C@H]1CC[C@]2(C)C3C(=O)C=C4[C@@H]5C[C@@](C)(C(=O)OCc6ccccc6)CC[C@]5(C)CC[C@@]4(C)[C@]3(C)CC[C@H]2C1(C)C. The molecule has 7 nitrogen and oxygen atoms in total. The van der Waals surface area contributed by atoms with Gasteiger partial charge in [-0.3, -0.25) is 14.4 Å². The standard InChI is InChI=1S/C40H55NO6/c1-35(2)29-14-17-40(7)31(38(29,5)16-15-30(35)41-32(43)33(44)46-8)28(42)22-26-27-23-37(4,19-18-36(27,3)20-21-39(26,40)6)34(45)47-24-25-12-10-9-11-13-25/h9-13,22,27,29-31H,14-21,23-24H2,1-8H3,(H,41,43)/t27-,29-,30-,31?,36+,37-,38-,39+,40+/m0/s1. The van der Waals surface area contributed by atoms with E-state index in [1.54, 1.807) is 0 Å². The Hall–Kier alpha value is -2.96. The number of fused-ring (bicyclic) bond motifs is 7. The third-order valence-corrected chi connectivity index (χ3v) is 15.0. The molecular weight excluding hydrogens is 590 g/mol. The number of ketones is 1. The maximum atomic E-state index is 14.7. The monoisotopic (exact) mass is 645 g/mol. The lowest BCUT2D eigenvalue weighted by Crippen LogP contribution is -2.68. The van der Waals surface area contributed by atoms with E-state index < -0.39 is 17.3 Å². The number of rotatable bonds is 4. The maximum absolute atomic E-state index is 14.7. The lowest BCUT2D eigenvalue weighted by Gasteiger charge is -2.70. The van der Waals surface area contributed by atoms with Crippen molar-refractivity contribution in [3.05, 3.63) is 47.5 Å². The lowest BCUT2D eigenvalue weighted by atomic mass is 9.33. The molecule has 256 valence electrons. The predicted molar refractivity (Wildman–Crippen MR) is 180 cm³/mol. The van der Waals surface area contributed by atoms with Crippen molar-refractivity contribution < 1.29 is 28.7 Å². The van der Waals surface area contributed by atoms with Gasteiger partial charge in [-0.25, -0.2) is 4.79 Å². The number of hydrogen-bond donors (Lipinski definition) is 1. The Bertz CT molecular complexity index is 1500. The Kier molecular flexibility index (Phi) is 8.16. The van der Waals surface area contributed by atoms with E-state index in [2.05, 4.69) is 58.5 Å². The van der Waals surface area contributed by atoms with Crippen LogP contribution in [0.15, 0.2) is 42.0 Å². The lowest BCUT2D eigenvalue weighted by molar-refractivity contribution is -0.190. The summed E-state index contributed by atoms with van der Waals surface area (Å²) >= 11 is 0. The van der Waals surface area contributed by atoms with E-state index in [4.69, 9.17) is 4.74 Å². The summed E-state index contributed by atoms with van der Waals surface area (Å²) in [7, 11) is 1.23. The van der Waals surface area contributed by atoms with Crippen molar-refractivity contribution in [2.24, 2.45) is 50.2 Å². The van der Waals surface area contributed by atoms with Crippen molar-refractivity contribution in [3.63, 3.8) is 0 Å². The van der Waals surface area contributed by atoms with E-state index in [0.29, 0.717) is 12.8 Å². The Morgan fingerprint density at radius 2 is 1.55 bits per heavy atom. The molecule has 9 atom stereocenters. The zero-order valence-corrected chi connectivity index (χ0v) is 29.8. The number of amides is 1. The second-order valence-corrected chi connectivity index (χ2v) is 17.7. The number of carbonyl (C=O) groups is 4. The zero-order valence-electron chi connectivity index (χ0n) is 29.8. The molecule has 6 rings (SSSR count). The molecule has 4 fully saturated rings. The summed E-state index contributed by atoms with van der Waals surface area (Å²) < 4.78 is 10.6. The fraction of sp³-hybridized carbons (Fsp3) is 0.700. The van der Waals surface area contributed by atoms with Crippen LogP contribution in [0.1, 0.15) is 112 Å². The molecule has 1 aromatic rings. The largest absolute Gasteiger partial charge is 0.462 e. The summed E-state index contributed by atoms with van der Waals surface area (Å²) in [5.41, 5.74) is 0.788. The first-order chi connectivity index (χ1) is 21.9. The molecule has 0 radical (unpaired) electrons. The number of nitrogens with one attached hydrogen (secondary N) is 1.